The Kier molecular flexibility index (Phi) is 4.07. The van der Waals surface area contributed by atoms with E-state index in [-0.39, 0.29) is 11.5 Å². The summed E-state index contributed by atoms with van der Waals surface area (Å²) in [6.07, 6.45) is 8.41. The molecule has 1 amide bonds. The molecule has 2 aliphatic heterocycles. The summed E-state index contributed by atoms with van der Waals surface area (Å²) in [6.45, 7) is 4.96. The van der Waals surface area contributed by atoms with Crippen LogP contribution in [-0.4, -0.2) is 54.2 Å². The van der Waals surface area contributed by atoms with Crippen molar-refractivity contribution >= 4 is 5.91 Å². The number of ether oxygens (including phenoxy) is 1. The maximum absolute atomic E-state index is 12.0. The second-order valence-corrected chi connectivity index (χ2v) is 7.46. The van der Waals surface area contributed by atoms with Crippen molar-refractivity contribution in [3.63, 3.8) is 0 Å². The van der Waals surface area contributed by atoms with E-state index in [1.54, 1.807) is 24.5 Å². The maximum atomic E-state index is 12.0. The number of nitrogens with one attached hydrogen (secondary N) is 1. The van der Waals surface area contributed by atoms with Gasteiger partial charge in [0.05, 0.1) is 12.2 Å². The Morgan fingerprint density at radius 1 is 1.26 bits per heavy atom. The van der Waals surface area contributed by atoms with E-state index >= 15 is 0 Å². The van der Waals surface area contributed by atoms with Crippen LogP contribution in [0.1, 0.15) is 36.0 Å². The second kappa shape index (κ2) is 6.21. The number of carbonyl (C=O) groups is 1. The first-order valence-corrected chi connectivity index (χ1v) is 8.77. The number of hydrogen-bond acceptors (Lipinski definition) is 4. The Morgan fingerprint density at radius 2 is 2.04 bits per heavy atom. The van der Waals surface area contributed by atoms with Crippen molar-refractivity contribution in [3.8, 4) is 0 Å². The van der Waals surface area contributed by atoms with Gasteiger partial charge in [-0.25, -0.2) is 0 Å². The molecule has 1 aliphatic carbocycles. The van der Waals surface area contributed by atoms with Crippen molar-refractivity contribution < 1.29 is 9.53 Å². The number of rotatable bonds is 5. The molecule has 2 saturated heterocycles. The molecule has 1 aromatic rings. The highest BCUT2D eigenvalue weighted by Crippen LogP contribution is 2.39. The molecule has 1 N–H and O–H groups in total. The lowest BCUT2D eigenvalue weighted by Crippen LogP contribution is -2.65. The van der Waals surface area contributed by atoms with Crippen LogP contribution in [0.3, 0.4) is 0 Å². The summed E-state index contributed by atoms with van der Waals surface area (Å²) in [7, 11) is 0. The largest absolute Gasteiger partial charge is 0.372 e. The minimum atomic E-state index is -0.0214. The van der Waals surface area contributed by atoms with E-state index in [0.29, 0.717) is 18.0 Å². The third-order valence-corrected chi connectivity index (χ3v) is 5.36. The summed E-state index contributed by atoms with van der Waals surface area (Å²) >= 11 is 0. The normalized spacial score (nSPS) is 26.7. The fourth-order valence-corrected chi connectivity index (χ4v) is 3.73. The van der Waals surface area contributed by atoms with Crippen molar-refractivity contribution in [3.05, 3.63) is 30.1 Å². The van der Waals surface area contributed by atoms with E-state index in [4.69, 9.17) is 4.74 Å². The van der Waals surface area contributed by atoms with E-state index in [1.807, 2.05) is 0 Å². The summed E-state index contributed by atoms with van der Waals surface area (Å²) in [5.74, 6) is 1.38. The van der Waals surface area contributed by atoms with E-state index in [0.717, 1.165) is 38.5 Å². The highest BCUT2D eigenvalue weighted by Gasteiger charge is 2.47. The molecule has 3 heterocycles. The lowest BCUT2D eigenvalue weighted by Gasteiger charge is -2.53. The SMILES string of the molecule is O=C(NC[C@H]1CCC2(CN(CC3CC3)C2)OC1)c1ccncc1. The topological polar surface area (TPSA) is 54.5 Å². The predicted octanol–water partition coefficient (Wildman–Crippen LogP) is 1.70. The van der Waals surface area contributed by atoms with Gasteiger partial charge in [-0.2, -0.15) is 0 Å². The highest BCUT2D eigenvalue weighted by molar-refractivity contribution is 5.93. The van der Waals surface area contributed by atoms with Gasteiger partial charge in [-0.05, 0) is 49.7 Å². The maximum Gasteiger partial charge on any atom is 0.251 e. The smallest absolute Gasteiger partial charge is 0.251 e. The zero-order valence-corrected chi connectivity index (χ0v) is 13.5. The molecule has 3 aliphatic rings. The number of nitrogens with zero attached hydrogens (tertiary/aromatic N) is 2. The average molecular weight is 315 g/mol. The van der Waals surface area contributed by atoms with E-state index < -0.39 is 0 Å². The van der Waals surface area contributed by atoms with Crippen molar-refractivity contribution in [2.45, 2.75) is 31.3 Å². The first kappa shape index (κ1) is 15.1. The molecule has 5 heteroatoms. The van der Waals surface area contributed by atoms with Gasteiger partial charge in [0.25, 0.3) is 5.91 Å². The van der Waals surface area contributed by atoms with Crippen LogP contribution in [0.15, 0.2) is 24.5 Å². The molecule has 5 nitrogen and oxygen atoms in total. The van der Waals surface area contributed by atoms with E-state index in [9.17, 15) is 4.79 Å². The van der Waals surface area contributed by atoms with Gasteiger partial charge in [0.2, 0.25) is 0 Å². The van der Waals surface area contributed by atoms with Gasteiger partial charge < -0.3 is 10.1 Å². The molecular formula is C18H25N3O2. The predicted molar refractivity (Wildman–Crippen MR) is 87.1 cm³/mol. The molecule has 0 bridgehead atoms. The zero-order valence-electron chi connectivity index (χ0n) is 13.5. The van der Waals surface area contributed by atoms with E-state index in [2.05, 4.69) is 15.2 Å². The van der Waals surface area contributed by atoms with Crippen LogP contribution < -0.4 is 5.32 Å². The summed E-state index contributed by atoms with van der Waals surface area (Å²) < 4.78 is 6.18. The Balaban J connectivity index is 1.18. The standard InChI is InChI=1S/C18H25N3O2/c22-17(16-4-7-19-8-5-16)20-9-15-3-6-18(23-11-15)12-21(13-18)10-14-1-2-14/h4-5,7-8,14-15H,1-3,6,9-13H2,(H,20,22)/t15-/m1/s1. The molecule has 1 saturated carbocycles. The summed E-state index contributed by atoms with van der Waals surface area (Å²) in [6, 6.07) is 3.48. The number of pyridine rings is 1. The van der Waals surface area contributed by atoms with Crippen molar-refractivity contribution in [1.82, 2.24) is 15.2 Å². The van der Waals surface area contributed by atoms with Crippen molar-refractivity contribution in [1.29, 1.82) is 0 Å². The zero-order chi connectivity index (χ0) is 15.7. The first-order valence-electron chi connectivity index (χ1n) is 8.77. The van der Waals surface area contributed by atoms with Crippen LogP contribution >= 0.6 is 0 Å². The molecule has 3 fully saturated rings. The van der Waals surface area contributed by atoms with Crippen molar-refractivity contribution in [2.24, 2.45) is 11.8 Å². The Hall–Kier alpha value is -1.46. The van der Waals surface area contributed by atoms with Gasteiger partial charge in [-0.3, -0.25) is 14.7 Å². The molecule has 0 radical (unpaired) electrons. The number of likely N-dealkylation sites (tertiary alicyclic amines) is 1. The fraction of sp³-hybridized carbons (Fsp3) is 0.667. The Bertz CT molecular complexity index is 543. The quantitative estimate of drug-likeness (QED) is 0.898. The molecule has 1 aromatic heterocycles. The molecule has 1 atom stereocenters. The second-order valence-electron chi connectivity index (χ2n) is 7.46. The summed E-state index contributed by atoms with van der Waals surface area (Å²) in [5.41, 5.74) is 0.795. The van der Waals surface area contributed by atoms with Crippen LogP contribution in [-0.2, 0) is 4.74 Å². The molecule has 4 rings (SSSR count). The first-order chi connectivity index (χ1) is 11.2. The highest BCUT2D eigenvalue weighted by atomic mass is 16.5. The van der Waals surface area contributed by atoms with Crippen LogP contribution in [0.4, 0.5) is 0 Å². The lowest BCUT2D eigenvalue weighted by atomic mass is 9.83. The van der Waals surface area contributed by atoms with Crippen LogP contribution in [0.2, 0.25) is 0 Å². The Morgan fingerprint density at radius 3 is 2.70 bits per heavy atom. The van der Waals surface area contributed by atoms with Gasteiger partial charge in [0, 0.05) is 44.1 Å². The third kappa shape index (κ3) is 3.56. The summed E-state index contributed by atoms with van der Waals surface area (Å²) in [4.78, 5) is 18.5. The van der Waals surface area contributed by atoms with Gasteiger partial charge in [0.1, 0.15) is 0 Å². The molecule has 0 unspecified atom stereocenters. The molecule has 0 aromatic carbocycles. The third-order valence-electron chi connectivity index (χ3n) is 5.36. The summed E-state index contributed by atoms with van der Waals surface area (Å²) in [5, 5.41) is 3.02. The number of aromatic nitrogens is 1. The fourth-order valence-electron chi connectivity index (χ4n) is 3.73. The van der Waals surface area contributed by atoms with Gasteiger partial charge in [-0.1, -0.05) is 0 Å². The van der Waals surface area contributed by atoms with Gasteiger partial charge >= 0.3 is 0 Å². The van der Waals surface area contributed by atoms with E-state index in [1.165, 1.54) is 19.4 Å². The number of hydrogen-bond donors (Lipinski definition) is 1. The van der Waals surface area contributed by atoms with Gasteiger partial charge in [0.15, 0.2) is 0 Å². The minimum absolute atomic E-state index is 0.0214. The Labute approximate surface area is 137 Å². The molecule has 1 spiro atoms. The molecule has 124 valence electrons. The molecular weight excluding hydrogens is 290 g/mol. The lowest BCUT2D eigenvalue weighted by molar-refractivity contribution is -0.179. The van der Waals surface area contributed by atoms with Crippen LogP contribution in [0, 0.1) is 11.8 Å². The monoisotopic (exact) mass is 315 g/mol. The molecule has 23 heavy (non-hydrogen) atoms. The van der Waals surface area contributed by atoms with Crippen molar-refractivity contribution in [2.75, 3.05) is 32.8 Å². The number of amides is 1. The average Bonchev–Trinajstić information content (AvgIpc) is 3.37. The minimum Gasteiger partial charge on any atom is -0.372 e. The van der Waals surface area contributed by atoms with Gasteiger partial charge in [-0.15, -0.1) is 0 Å². The van der Waals surface area contributed by atoms with Crippen LogP contribution in [0.25, 0.3) is 0 Å². The number of carbonyl (C=O) groups excluding carboxylic acids is 1. The van der Waals surface area contributed by atoms with Crippen LogP contribution in [0.5, 0.6) is 0 Å².